The lowest BCUT2D eigenvalue weighted by molar-refractivity contribution is -0.385. The third kappa shape index (κ3) is 5.02. The van der Waals surface area contributed by atoms with E-state index in [1.165, 1.54) is 12.1 Å². The molecule has 1 atom stereocenters. The molecule has 3 aliphatic heterocycles. The van der Waals surface area contributed by atoms with Crippen LogP contribution >= 0.6 is 11.6 Å². The number of anilines is 3. The summed E-state index contributed by atoms with van der Waals surface area (Å²) >= 11 is 6.68. The summed E-state index contributed by atoms with van der Waals surface area (Å²) in [6.07, 6.45) is 5.06. The first-order valence-corrected chi connectivity index (χ1v) is 14.9. The number of nitro groups is 1. The third-order valence-corrected chi connectivity index (χ3v) is 9.45. The molecule has 2 aromatic carbocycles. The largest absolute Gasteiger partial charge is 0.369 e. The van der Waals surface area contributed by atoms with Gasteiger partial charge in [-0.2, -0.15) is 0 Å². The minimum Gasteiger partial charge on any atom is -0.369 e. The van der Waals surface area contributed by atoms with Crippen molar-refractivity contribution in [1.29, 1.82) is 0 Å². The predicted molar refractivity (Wildman–Crippen MR) is 162 cm³/mol. The molecule has 0 bridgehead atoms. The van der Waals surface area contributed by atoms with Crippen molar-refractivity contribution in [3.63, 3.8) is 0 Å². The van der Waals surface area contributed by atoms with E-state index >= 15 is 0 Å². The van der Waals surface area contributed by atoms with Crippen molar-refractivity contribution in [2.24, 2.45) is 5.92 Å². The lowest BCUT2D eigenvalue weighted by atomic mass is 9.74. The van der Waals surface area contributed by atoms with Gasteiger partial charge in [-0.15, -0.1) is 0 Å². The first kappa shape index (κ1) is 28.2. The van der Waals surface area contributed by atoms with E-state index in [0.29, 0.717) is 55.9 Å². The van der Waals surface area contributed by atoms with E-state index in [2.05, 4.69) is 29.4 Å². The van der Waals surface area contributed by atoms with Gasteiger partial charge >= 0.3 is 6.03 Å². The molecule has 11 heteroatoms. The van der Waals surface area contributed by atoms with Crippen LogP contribution in [0.1, 0.15) is 43.7 Å². The Kier molecular flexibility index (Phi) is 7.66. The average molecular weight is 593 g/mol. The zero-order chi connectivity index (χ0) is 29.4. The van der Waals surface area contributed by atoms with Crippen LogP contribution in [-0.2, 0) is 5.41 Å². The number of urea groups is 1. The Hall–Kier alpha value is -3.92. The zero-order valence-electron chi connectivity index (χ0n) is 23.6. The lowest BCUT2D eigenvalue weighted by Crippen LogP contribution is -2.51. The van der Waals surface area contributed by atoms with E-state index in [1.807, 2.05) is 32.9 Å². The molecule has 220 valence electrons. The van der Waals surface area contributed by atoms with Crippen LogP contribution in [0.3, 0.4) is 0 Å². The van der Waals surface area contributed by atoms with Crippen molar-refractivity contribution in [2.75, 3.05) is 54.4 Å². The minimum absolute atomic E-state index is 0.0115. The van der Waals surface area contributed by atoms with Crippen molar-refractivity contribution in [3.05, 3.63) is 86.8 Å². The highest BCUT2D eigenvalue weighted by Crippen LogP contribution is 2.47. The molecule has 1 aromatic heterocycles. The number of hydrogen-bond acceptors (Lipinski definition) is 6. The van der Waals surface area contributed by atoms with Crippen molar-refractivity contribution in [3.8, 4) is 0 Å². The SMILES string of the molecule is CCC1(c2cccc(N3CCCN(CC4CCN(c5ccc([N+](=O)[O-])cc5F)CC4)C3=O)c2)CNc2nccc(Cl)c21. The van der Waals surface area contributed by atoms with Gasteiger partial charge in [-0.25, -0.2) is 14.2 Å². The van der Waals surface area contributed by atoms with Crippen molar-refractivity contribution in [2.45, 2.75) is 38.0 Å². The van der Waals surface area contributed by atoms with Gasteiger partial charge in [-0.3, -0.25) is 15.0 Å². The molecular weight excluding hydrogens is 559 g/mol. The summed E-state index contributed by atoms with van der Waals surface area (Å²) < 4.78 is 14.6. The molecule has 4 heterocycles. The average Bonchev–Trinajstić information content (AvgIpc) is 3.40. The van der Waals surface area contributed by atoms with Crippen molar-refractivity contribution >= 4 is 40.5 Å². The fourth-order valence-electron chi connectivity index (χ4n) is 6.80. The van der Waals surface area contributed by atoms with E-state index < -0.39 is 10.7 Å². The Balaban J connectivity index is 1.14. The van der Waals surface area contributed by atoms with E-state index in [9.17, 15) is 19.3 Å². The van der Waals surface area contributed by atoms with Gasteiger partial charge in [0.05, 0.1) is 16.7 Å². The van der Waals surface area contributed by atoms with Crippen LogP contribution in [0.25, 0.3) is 0 Å². The number of non-ortho nitro benzene ring substituents is 1. The molecule has 1 unspecified atom stereocenters. The Bertz CT molecular complexity index is 1510. The molecule has 9 nitrogen and oxygen atoms in total. The van der Waals surface area contributed by atoms with Gasteiger partial charge in [0.2, 0.25) is 0 Å². The van der Waals surface area contributed by atoms with Gasteiger partial charge in [-0.05, 0) is 61.4 Å². The van der Waals surface area contributed by atoms with Crippen LogP contribution in [0, 0.1) is 21.8 Å². The number of hydrogen-bond donors (Lipinski definition) is 1. The van der Waals surface area contributed by atoms with Gasteiger partial charge in [0, 0.05) is 73.2 Å². The molecule has 0 spiro atoms. The molecular formula is C31H34ClFN6O3. The number of carbonyl (C=O) groups excluding carboxylic acids is 1. The van der Waals surface area contributed by atoms with Crippen LogP contribution in [-0.4, -0.2) is 60.1 Å². The number of halogens is 2. The summed E-state index contributed by atoms with van der Waals surface area (Å²) in [7, 11) is 0. The topological polar surface area (TPSA) is 94.9 Å². The lowest BCUT2D eigenvalue weighted by Gasteiger charge is -2.40. The van der Waals surface area contributed by atoms with Gasteiger partial charge in [0.1, 0.15) is 5.82 Å². The highest BCUT2D eigenvalue weighted by Gasteiger charge is 2.42. The third-order valence-electron chi connectivity index (χ3n) is 9.14. The standard InChI is InChI=1S/C31H34ClFN6O3/c1-2-31(20-35-29-28(31)25(32)9-12-34-29)22-5-3-6-23(17-22)38-14-4-13-37(30(38)40)19-21-10-15-36(16-11-21)27-8-7-24(39(41)42)18-26(27)33/h3,5-9,12,17-18,21H,2,4,10-11,13-16,19-20H2,1H3,(H,34,35). The van der Waals surface area contributed by atoms with Gasteiger partial charge in [0.15, 0.2) is 5.82 Å². The van der Waals surface area contributed by atoms with Crippen molar-refractivity contribution in [1.82, 2.24) is 9.88 Å². The number of nitrogens with zero attached hydrogens (tertiary/aromatic N) is 5. The maximum atomic E-state index is 14.6. The van der Waals surface area contributed by atoms with E-state index in [1.54, 1.807) is 6.20 Å². The number of carbonyl (C=O) groups is 1. The smallest absolute Gasteiger partial charge is 0.324 e. The molecule has 2 saturated heterocycles. The number of fused-ring (bicyclic) bond motifs is 1. The van der Waals surface area contributed by atoms with E-state index in [-0.39, 0.29) is 17.1 Å². The first-order chi connectivity index (χ1) is 20.3. The summed E-state index contributed by atoms with van der Waals surface area (Å²) in [6.45, 7) is 6.15. The summed E-state index contributed by atoms with van der Waals surface area (Å²) in [5.74, 6) is 0.543. The summed E-state index contributed by atoms with van der Waals surface area (Å²) in [4.78, 5) is 34.4. The summed E-state index contributed by atoms with van der Waals surface area (Å²) in [5, 5.41) is 15.1. The second-order valence-corrected chi connectivity index (χ2v) is 11.8. The molecule has 3 aliphatic rings. The highest BCUT2D eigenvalue weighted by atomic mass is 35.5. The Labute approximate surface area is 249 Å². The number of benzene rings is 2. The van der Waals surface area contributed by atoms with Crippen LogP contribution in [0.2, 0.25) is 5.02 Å². The predicted octanol–water partition coefficient (Wildman–Crippen LogP) is 6.45. The second-order valence-electron chi connectivity index (χ2n) is 11.4. The maximum Gasteiger partial charge on any atom is 0.324 e. The second kappa shape index (κ2) is 11.4. The zero-order valence-corrected chi connectivity index (χ0v) is 24.3. The number of nitro benzene ring substituents is 1. The van der Waals surface area contributed by atoms with E-state index in [4.69, 9.17) is 11.6 Å². The molecule has 2 amide bonds. The summed E-state index contributed by atoms with van der Waals surface area (Å²) in [5.41, 5.74) is 2.82. The highest BCUT2D eigenvalue weighted by molar-refractivity contribution is 6.32. The fraction of sp³-hybridized carbons (Fsp3) is 0.419. The van der Waals surface area contributed by atoms with Gasteiger partial charge < -0.3 is 15.1 Å². The number of amides is 2. The van der Waals surface area contributed by atoms with Crippen LogP contribution in [0.4, 0.5) is 32.1 Å². The van der Waals surface area contributed by atoms with E-state index in [0.717, 1.165) is 54.4 Å². The number of pyridine rings is 1. The number of aromatic nitrogens is 1. The number of rotatable bonds is 7. The van der Waals surface area contributed by atoms with Crippen molar-refractivity contribution < 1.29 is 14.1 Å². The Morgan fingerprint density at radius 2 is 1.95 bits per heavy atom. The normalized spacial score (nSPS) is 20.9. The van der Waals surface area contributed by atoms with Crippen LogP contribution < -0.4 is 15.1 Å². The quantitative estimate of drug-likeness (QED) is 0.250. The number of piperidine rings is 1. The molecule has 2 fully saturated rings. The van der Waals surface area contributed by atoms with Crippen LogP contribution in [0.5, 0.6) is 0 Å². The number of nitrogens with one attached hydrogen (secondary N) is 1. The van der Waals surface area contributed by atoms with Gasteiger partial charge in [0.25, 0.3) is 5.69 Å². The molecule has 0 radical (unpaired) electrons. The Morgan fingerprint density at radius 1 is 1.14 bits per heavy atom. The molecule has 6 rings (SSSR count). The Morgan fingerprint density at radius 3 is 2.69 bits per heavy atom. The van der Waals surface area contributed by atoms with Crippen LogP contribution in [0.15, 0.2) is 54.7 Å². The minimum atomic E-state index is -0.589. The molecule has 0 saturated carbocycles. The molecule has 1 N–H and O–H groups in total. The fourth-order valence-corrected chi connectivity index (χ4v) is 7.13. The van der Waals surface area contributed by atoms with Gasteiger partial charge in [-0.1, -0.05) is 30.7 Å². The maximum absolute atomic E-state index is 14.6. The summed E-state index contributed by atoms with van der Waals surface area (Å²) in [6, 6.07) is 13.9. The molecule has 3 aromatic rings. The molecule has 42 heavy (non-hydrogen) atoms. The first-order valence-electron chi connectivity index (χ1n) is 14.6. The monoisotopic (exact) mass is 592 g/mol. The molecule has 0 aliphatic carbocycles.